The smallest absolute Gasteiger partial charge is 0.226 e. The summed E-state index contributed by atoms with van der Waals surface area (Å²) in [6, 6.07) is 21.5. The first kappa shape index (κ1) is 36.5. The second-order valence-electron chi connectivity index (χ2n) is 14.1. The van der Waals surface area contributed by atoms with Crippen LogP contribution in [0.15, 0.2) is 73.1 Å². The quantitative estimate of drug-likeness (QED) is 0.0915. The van der Waals surface area contributed by atoms with Crippen LogP contribution in [-0.2, 0) is 20.9 Å². The van der Waals surface area contributed by atoms with E-state index in [9.17, 15) is 18.8 Å². The summed E-state index contributed by atoms with van der Waals surface area (Å²) in [6.07, 6.45) is 5.03. The molecule has 0 aliphatic carbocycles. The first-order chi connectivity index (χ1) is 26.4. The third-order valence-electron chi connectivity index (χ3n) is 10.6. The van der Waals surface area contributed by atoms with Crippen molar-refractivity contribution in [1.82, 2.24) is 30.5 Å². The lowest BCUT2D eigenvalue weighted by Crippen LogP contribution is -2.49. The number of amides is 3. The molecule has 3 amide bonds. The predicted molar refractivity (Wildman–Crippen MR) is 210 cm³/mol. The van der Waals surface area contributed by atoms with Crippen LogP contribution in [-0.4, -0.2) is 90.9 Å². The maximum atomic E-state index is 14.3. The third kappa shape index (κ3) is 8.52. The molecule has 5 aromatic rings. The lowest BCUT2D eigenvalue weighted by Gasteiger charge is -2.40. The molecule has 280 valence electrons. The van der Waals surface area contributed by atoms with Crippen molar-refractivity contribution in [2.24, 2.45) is 5.92 Å². The molecule has 13 heteroatoms. The number of hydrogen-bond donors (Lipinski definition) is 4. The van der Waals surface area contributed by atoms with Crippen LogP contribution in [0.25, 0.3) is 33.5 Å². The van der Waals surface area contributed by atoms with Crippen LogP contribution in [0.2, 0.25) is 0 Å². The van der Waals surface area contributed by atoms with Crippen LogP contribution >= 0.6 is 0 Å². The van der Waals surface area contributed by atoms with Crippen LogP contribution in [0.4, 0.5) is 21.5 Å². The zero-order valence-electron chi connectivity index (χ0n) is 30.5. The summed E-state index contributed by atoms with van der Waals surface area (Å²) in [5.74, 6) is 0.00701. The Balaban J connectivity index is 0.914. The number of hydrogen-bond acceptors (Lipinski definition) is 8. The largest absolute Gasteiger partial charge is 0.370 e. The summed E-state index contributed by atoms with van der Waals surface area (Å²) < 4.78 is 14.3. The number of nitrogens with one attached hydrogen (secondary N) is 4. The van der Waals surface area contributed by atoms with Gasteiger partial charge in [-0.3, -0.25) is 19.3 Å². The van der Waals surface area contributed by atoms with E-state index in [0.717, 1.165) is 103 Å². The fraction of sp³-hybridized carbons (Fsp3) is 0.341. The van der Waals surface area contributed by atoms with E-state index in [1.807, 2.05) is 19.1 Å². The number of nitrogens with zero attached hydrogens (tertiary/aromatic N) is 5. The Hall–Kier alpha value is -5.82. The number of piperidine rings is 1. The molecule has 2 aromatic heterocycles. The second kappa shape index (κ2) is 16.9. The molecule has 2 saturated heterocycles. The molecule has 3 aromatic carbocycles. The van der Waals surface area contributed by atoms with Crippen molar-refractivity contribution in [2.45, 2.75) is 32.7 Å². The van der Waals surface area contributed by atoms with Gasteiger partial charge < -0.3 is 30.7 Å². The van der Waals surface area contributed by atoms with Gasteiger partial charge in [0.2, 0.25) is 18.7 Å². The number of aromatic amines is 1. The summed E-state index contributed by atoms with van der Waals surface area (Å²) in [5, 5.41) is 9.07. The van der Waals surface area contributed by atoms with E-state index in [2.05, 4.69) is 82.0 Å². The van der Waals surface area contributed by atoms with Crippen LogP contribution in [0, 0.1) is 18.7 Å². The molecule has 4 heterocycles. The Morgan fingerprint density at radius 1 is 0.870 bits per heavy atom. The van der Waals surface area contributed by atoms with E-state index < -0.39 is 0 Å². The lowest BCUT2D eigenvalue weighted by atomic mass is 9.95. The number of anilines is 3. The van der Waals surface area contributed by atoms with Crippen molar-refractivity contribution in [3.05, 3.63) is 90.0 Å². The van der Waals surface area contributed by atoms with E-state index >= 15 is 0 Å². The highest BCUT2D eigenvalue weighted by atomic mass is 19.1. The number of H-pyrrole nitrogens is 1. The molecule has 0 bridgehead atoms. The molecule has 2 aliphatic rings. The number of benzene rings is 3. The number of carbonyl (C=O) groups excluding carboxylic acids is 3. The third-order valence-corrected chi connectivity index (χ3v) is 10.6. The minimum atomic E-state index is -0.331. The van der Waals surface area contributed by atoms with Gasteiger partial charge in [0.25, 0.3) is 0 Å². The maximum absolute atomic E-state index is 14.3. The molecule has 0 unspecified atom stereocenters. The number of fused-ring (bicyclic) bond motifs is 1. The number of halogens is 1. The summed E-state index contributed by atoms with van der Waals surface area (Å²) in [4.78, 5) is 53.4. The van der Waals surface area contributed by atoms with E-state index in [1.54, 1.807) is 12.4 Å². The first-order valence-electron chi connectivity index (χ1n) is 18.6. The SMILES string of the molecule is Cc1cc(-c2ncnc3[nH]c(-c4ccc(N5CCN(CC6CCN(c7cc(F)ccc7NC(=O)CCNC=O)CC6)CC5)cc4)cc23)ccc1CNC=O. The second-order valence-corrected chi connectivity index (χ2v) is 14.1. The molecule has 0 atom stereocenters. The van der Waals surface area contributed by atoms with Crippen LogP contribution < -0.4 is 25.8 Å². The number of piperazine rings is 1. The van der Waals surface area contributed by atoms with Gasteiger partial charge in [0.15, 0.2) is 0 Å². The molecule has 0 radical (unpaired) electrons. The molecule has 7 rings (SSSR count). The zero-order chi connectivity index (χ0) is 37.4. The zero-order valence-corrected chi connectivity index (χ0v) is 30.5. The standard InChI is InChI=1S/C41H46FN9O3/c1-28-20-31(2-3-32(28)23-44-27-53)40-35-22-37(48-41(35)46-25-45-40)30-4-7-34(8-5-30)50-18-16-49(17-19-50)24-29-11-14-51(15-12-29)38-21-33(42)6-9-36(38)47-39(54)10-13-43-26-52/h2-9,20-22,25-27,29H,10-19,23-24H2,1H3,(H,43,52)(H,44,53)(H,47,54)(H,45,46,48). The Bertz CT molecular complexity index is 2090. The number of aryl methyl sites for hydroxylation is 1. The number of aromatic nitrogens is 3. The van der Waals surface area contributed by atoms with E-state index in [-0.39, 0.29) is 24.7 Å². The highest BCUT2D eigenvalue weighted by Gasteiger charge is 2.26. The Morgan fingerprint density at radius 3 is 2.37 bits per heavy atom. The highest BCUT2D eigenvalue weighted by molar-refractivity contribution is 5.95. The van der Waals surface area contributed by atoms with Gasteiger partial charge in [0.05, 0.1) is 17.1 Å². The molecule has 12 nitrogen and oxygen atoms in total. The lowest BCUT2D eigenvalue weighted by molar-refractivity contribution is -0.116. The molecule has 54 heavy (non-hydrogen) atoms. The minimum absolute atomic E-state index is 0.153. The van der Waals surface area contributed by atoms with E-state index in [1.165, 1.54) is 17.8 Å². The summed E-state index contributed by atoms with van der Waals surface area (Å²) in [6.45, 7) is 9.35. The van der Waals surface area contributed by atoms with Crippen LogP contribution in [0.5, 0.6) is 0 Å². The van der Waals surface area contributed by atoms with Crippen LogP contribution in [0.1, 0.15) is 30.4 Å². The minimum Gasteiger partial charge on any atom is -0.370 e. The maximum Gasteiger partial charge on any atom is 0.226 e. The molecule has 2 fully saturated rings. The molecular weight excluding hydrogens is 686 g/mol. The van der Waals surface area contributed by atoms with Gasteiger partial charge in [-0.1, -0.05) is 24.3 Å². The van der Waals surface area contributed by atoms with Gasteiger partial charge in [-0.25, -0.2) is 14.4 Å². The van der Waals surface area contributed by atoms with Crippen molar-refractivity contribution in [1.29, 1.82) is 0 Å². The van der Waals surface area contributed by atoms with Gasteiger partial charge in [-0.15, -0.1) is 0 Å². The monoisotopic (exact) mass is 731 g/mol. The Morgan fingerprint density at radius 2 is 1.63 bits per heavy atom. The summed E-state index contributed by atoms with van der Waals surface area (Å²) >= 11 is 0. The summed E-state index contributed by atoms with van der Waals surface area (Å²) in [5.41, 5.74) is 9.38. The topological polar surface area (TPSA) is 139 Å². The van der Waals surface area contributed by atoms with Gasteiger partial charge in [-0.2, -0.15) is 0 Å². The average Bonchev–Trinajstić information content (AvgIpc) is 3.64. The molecule has 0 spiro atoms. The van der Waals surface area contributed by atoms with Gasteiger partial charge in [0.1, 0.15) is 17.8 Å². The van der Waals surface area contributed by atoms with Crippen molar-refractivity contribution >= 4 is 46.8 Å². The predicted octanol–water partition coefficient (Wildman–Crippen LogP) is 5.10. The van der Waals surface area contributed by atoms with Gasteiger partial charge in [-0.05, 0) is 84.8 Å². The molecule has 4 N–H and O–H groups in total. The van der Waals surface area contributed by atoms with Crippen molar-refractivity contribution in [3.8, 4) is 22.5 Å². The van der Waals surface area contributed by atoms with E-state index in [4.69, 9.17) is 0 Å². The molecular formula is C41H46FN9O3. The Labute approximate surface area is 314 Å². The summed E-state index contributed by atoms with van der Waals surface area (Å²) in [7, 11) is 0. The average molecular weight is 732 g/mol. The number of carbonyl (C=O) groups is 3. The van der Waals surface area contributed by atoms with E-state index in [0.29, 0.717) is 36.7 Å². The van der Waals surface area contributed by atoms with Crippen molar-refractivity contribution in [2.75, 3.05) is 67.5 Å². The number of rotatable bonds is 14. The first-order valence-corrected chi connectivity index (χ1v) is 18.6. The Kier molecular flexibility index (Phi) is 11.4. The normalized spacial score (nSPS) is 15.3. The molecule has 2 aliphatic heterocycles. The van der Waals surface area contributed by atoms with Gasteiger partial charge >= 0.3 is 0 Å². The van der Waals surface area contributed by atoms with Crippen LogP contribution in [0.3, 0.4) is 0 Å². The fourth-order valence-electron chi connectivity index (χ4n) is 7.61. The highest BCUT2D eigenvalue weighted by Crippen LogP contribution is 2.33. The van der Waals surface area contributed by atoms with Crippen molar-refractivity contribution in [3.63, 3.8) is 0 Å². The molecule has 0 saturated carbocycles. The van der Waals surface area contributed by atoms with Crippen molar-refractivity contribution < 1.29 is 18.8 Å². The fourth-order valence-corrected chi connectivity index (χ4v) is 7.61. The van der Waals surface area contributed by atoms with Gasteiger partial charge in [0, 0.05) is 87.7 Å².